The van der Waals surface area contributed by atoms with E-state index in [1.54, 1.807) is 0 Å². The molecule has 0 amide bonds. The number of hydrogen-bond donors (Lipinski definition) is 1. The molecule has 2 unspecified atom stereocenters. The SMILES string of the molecule is CC(C)CNCC1CCC1N(C)C(C)C. The zero-order valence-electron chi connectivity index (χ0n) is 11.1. The van der Waals surface area contributed by atoms with Crippen molar-refractivity contribution in [3.8, 4) is 0 Å². The van der Waals surface area contributed by atoms with E-state index in [2.05, 4.69) is 45.0 Å². The smallest absolute Gasteiger partial charge is 0.0135 e. The van der Waals surface area contributed by atoms with Crippen LogP contribution in [0.15, 0.2) is 0 Å². The molecular formula is C13H28N2. The molecule has 1 aliphatic carbocycles. The van der Waals surface area contributed by atoms with Crippen molar-refractivity contribution in [1.82, 2.24) is 10.2 Å². The van der Waals surface area contributed by atoms with Crippen LogP contribution in [0.3, 0.4) is 0 Å². The van der Waals surface area contributed by atoms with Crippen molar-refractivity contribution in [2.24, 2.45) is 11.8 Å². The van der Waals surface area contributed by atoms with Crippen molar-refractivity contribution in [2.75, 3.05) is 20.1 Å². The molecule has 15 heavy (non-hydrogen) atoms. The predicted octanol–water partition coefficient (Wildman–Crippen LogP) is 2.35. The molecule has 0 aromatic rings. The summed E-state index contributed by atoms with van der Waals surface area (Å²) in [5.41, 5.74) is 0. The second-order valence-corrected chi connectivity index (χ2v) is 5.72. The van der Waals surface area contributed by atoms with Crippen LogP contribution >= 0.6 is 0 Å². The van der Waals surface area contributed by atoms with Gasteiger partial charge in [-0.2, -0.15) is 0 Å². The molecule has 0 saturated heterocycles. The molecule has 0 aromatic heterocycles. The van der Waals surface area contributed by atoms with E-state index in [4.69, 9.17) is 0 Å². The Labute approximate surface area is 95.4 Å². The second-order valence-electron chi connectivity index (χ2n) is 5.72. The van der Waals surface area contributed by atoms with Gasteiger partial charge < -0.3 is 10.2 Å². The van der Waals surface area contributed by atoms with Crippen molar-refractivity contribution >= 4 is 0 Å². The fourth-order valence-corrected chi connectivity index (χ4v) is 2.27. The molecule has 0 aliphatic heterocycles. The van der Waals surface area contributed by atoms with Crippen LogP contribution in [0.5, 0.6) is 0 Å². The molecule has 0 spiro atoms. The maximum atomic E-state index is 3.58. The Morgan fingerprint density at radius 2 is 1.87 bits per heavy atom. The van der Waals surface area contributed by atoms with Crippen LogP contribution in [0.1, 0.15) is 40.5 Å². The van der Waals surface area contributed by atoms with E-state index in [1.807, 2.05) is 0 Å². The van der Waals surface area contributed by atoms with Gasteiger partial charge in [0.15, 0.2) is 0 Å². The van der Waals surface area contributed by atoms with Crippen molar-refractivity contribution in [3.63, 3.8) is 0 Å². The molecule has 2 heteroatoms. The van der Waals surface area contributed by atoms with Gasteiger partial charge in [-0.15, -0.1) is 0 Å². The van der Waals surface area contributed by atoms with Crippen molar-refractivity contribution in [1.29, 1.82) is 0 Å². The third kappa shape index (κ3) is 3.76. The molecule has 2 nitrogen and oxygen atoms in total. The molecule has 2 atom stereocenters. The normalized spacial score (nSPS) is 26.4. The number of hydrogen-bond acceptors (Lipinski definition) is 2. The molecule has 90 valence electrons. The first-order chi connectivity index (χ1) is 7.02. The summed E-state index contributed by atoms with van der Waals surface area (Å²) < 4.78 is 0. The summed E-state index contributed by atoms with van der Waals surface area (Å²) in [6.07, 6.45) is 2.80. The number of nitrogens with one attached hydrogen (secondary N) is 1. The Kier molecular flexibility index (Phi) is 5.07. The minimum Gasteiger partial charge on any atom is -0.316 e. The maximum Gasteiger partial charge on any atom is 0.0135 e. The average molecular weight is 212 g/mol. The van der Waals surface area contributed by atoms with Gasteiger partial charge in [0.25, 0.3) is 0 Å². The van der Waals surface area contributed by atoms with E-state index in [0.717, 1.165) is 24.4 Å². The highest BCUT2D eigenvalue weighted by atomic mass is 15.2. The van der Waals surface area contributed by atoms with Crippen LogP contribution in [-0.4, -0.2) is 37.1 Å². The maximum absolute atomic E-state index is 3.58. The van der Waals surface area contributed by atoms with E-state index in [1.165, 1.54) is 19.4 Å². The highest BCUT2D eigenvalue weighted by molar-refractivity contribution is 4.89. The molecule has 1 N–H and O–H groups in total. The Bertz CT molecular complexity index is 177. The molecule has 1 saturated carbocycles. The molecule has 1 fully saturated rings. The van der Waals surface area contributed by atoms with E-state index < -0.39 is 0 Å². The van der Waals surface area contributed by atoms with Crippen molar-refractivity contribution in [2.45, 2.75) is 52.6 Å². The Hall–Kier alpha value is -0.0800. The van der Waals surface area contributed by atoms with Crippen LogP contribution in [0.4, 0.5) is 0 Å². The molecule has 0 aromatic carbocycles. The van der Waals surface area contributed by atoms with Crippen molar-refractivity contribution < 1.29 is 0 Å². The van der Waals surface area contributed by atoms with Gasteiger partial charge in [0.2, 0.25) is 0 Å². The lowest BCUT2D eigenvalue weighted by Crippen LogP contribution is -2.51. The van der Waals surface area contributed by atoms with Gasteiger partial charge >= 0.3 is 0 Å². The summed E-state index contributed by atoms with van der Waals surface area (Å²) >= 11 is 0. The van der Waals surface area contributed by atoms with Crippen LogP contribution in [0.2, 0.25) is 0 Å². The monoisotopic (exact) mass is 212 g/mol. The standard InChI is InChI=1S/C13H28N2/c1-10(2)8-14-9-12-6-7-13(12)15(5)11(3)4/h10-14H,6-9H2,1-5H3. The second kappa shape index (κ2) is 5.86. The fourth-order valence-electron chi connectivity index (χ4n) is 2.27. The van der Waals surface area contributed by atoms with Crippen LogP contribution in [-0.2, 0) is 0 Å². The molecule has 0 bridgehead atoms. The average Bonchev–Trinajstić information content (AvgIpc) is 2.09. The van der Waals surface area contributed by atoms with Gasteiger partial charge in [-0.05, 0) is 58.7 Å². The minimum absolute atomic E-state index is 0.683. The first kappa shape index (κ1) is 13.0. The zero-order chi connectivity index (χ0) is 11.4. The zero-order valence-corrected chi connectivity index (χ0v) is 11.1. The summed E-state index contributed by atoms with van der Waals surface area (Å²) in [5, 5.41) is 3.58. The lowest BCUT2D eigenvalue weighted by atomic mass is 9.78. The highest BCUT2D eigenvalue weighted by Crippen LogP contribution is 2.31. The van der Waals surface area contributed by atoms with Crippen LogP contribution in [0.25, 0.3) is 0 Å². The fraction of sp³-hybridized carbons (Fsp3) is 1.00. The molecule has 1 aliphatic rings. The lowest BCUT2D eigenvalue weighted by molar-refractivity contribution is 0.0606. The van der Waals surface area contributed by atoms with Gasteiger partial charge in [0.1, 0.15) is 0 Å². The highest BCUT2D eigenvalue weighted by Gasteiger charge is 2.34. The van der Waals surface area contributed by atoms with Gasteiger partial charge in [0.05, 0.1) is 0 Å². The molecule has 0 radical (unpaired) electrons. The molecular weight excluding hydrogens is 184 g/mol. The topological polar surface area (TPSA) is 15.3 Å². The van der Waals surface area contributed by atoms with Gasteiger partial charge in [-0.3, -0.25) is 0 Å². The summed E-state index contributed by atoms with van der Waals surface area (Å²) in [6.45, 7) is 11.5. The van der Waals surface area contributed by atoms with Crippen molar-refractivity contribution in [3.05, 3.63) is 0 Å². The Morgan fingerprint density at radius 3 is 2.27 bits per heavy atom. The summed E-state index contributed by atoms with van der Waals surface area (Å²) in [4.78, 5) is 2.53. The van der Waals surface area contributed by atoms with E-state index in [9.17, 15) is 0 Å². The quantitative estimate of drug-likeness (QED) is 0.727. The largest absolute Gasteiger partial charge is 0.316 e. The molecule has 1 rings (SSSR count). The number of nitrogens with zero attached hydrogens (tertiary/aromatic N) is 1. The Morgan fingerprint density at radius 1 is 1.20 bits per heavy atom. The van der Waals surface area contributed by atoms with Gasteiger partial charge in [0, 0.05) is 12.1 Å². The minimum atomic E-state index is 0.683. The van der Waals surface area contributed by atoms with E-state index in [-0.39, 0.29) is 0 Å². The predicted molar refractivity (Wildman–Crippen MR) is 67.1 cm³/mol. The summed E-state index contributed by atoms with van der Waals surface area (Å²) in [5.74, 6) is 1.66. The third-order valence-electron chi connectivity index (χ3n) is 3.67. The summed E-state index contributed by atoms with van der Waals surface area (Å²) in [6, 6.07) is 1.51. The van der Waals surface area contributed by atoms with E-state index in [0.29, 0.717) is 6.04 Å². The van der Waals surface area contributed by atoms with E-state index >= 15 is 0 Å². The lowest BCUT2D eigenvalue weighted by Gasteiger charge is -2.44. The molecule has 0 heterocycles. The van der Waals surface area contributed by atoms with Crippen LogP contribution < -0.4 is 5.32 Å². The van der Waals surface area contributed by atoms with Crippen LogP contribution in [0, 0.1) is 11.8 Å². The first-order valence-electron chi connectivity index (χ1n) is 6.45. The number of rotatable bonds is 6. The van der Waals surface area contributed by atoms with Gasteiger partial charge in [-0.1, -0.05) is 13.8 Å². The Balaban J connectivity index is 2.20. The first-order valence-corrected chi connectivity index (χ1v) is 6.45. The summed E-state index contributed by atoms with van der Waals surface area (Å²) in [7, 11) is 2.27. The third-order valence-corrected chi connectivity index (χ3v) is 3.67. The van der Waals surface area contributed by atoms with Gasteiger partial charge in [-0.25, -0.2) is 0 Å².